The topological polar surface area (TPSA) is 160 Å². The smallest absolute Gasteiger partial charge is 0.269 e. The van der Waals surface area contributed by atoms with Crippen molar-refractivity contribution in [3.63, 3.8) is 0 Å². The third kappa shape index (κ3) is 10.5. The van der Waals surface area contributed by atoms with Gasteiger partial charge in [0, 0.05) is 35.6 Å². The van der Waals surface area contributed by atoms with E-state index < -0.39 is 28.8 Å². The lowest BCUT2D eigenvalue weighted by Crippen LogP contribution is -2.50. The molecule has 2 amide bonds. The summed E-state index contributed by atoms with van der Waals surface area (Å²) in [4.78, 5) is 40.0. The summed E-state index contributed by atoms with van der Waals surface area (Å²) in [5, 5.41) is 26.2. The van der Waals surface area contributed by atoms with Gasteiger partial charge in [-0.3, -0.25) is 19.7 Å². The first-order valence-electron chi connectivity index (χ1n) is 17.6. The van der Waals surface area contributed by atoms with E-state index >= 15 is 0 Å². The van der Waals surface area contributed by atoms with Gasteiger partial charge in [0.05, 0.1) is 30.7 Å². The Morgan fingerprint density at radius 1 is 0.811 bits per heavy atom. The molecule has 5 rings (SSSR count). The number of para-hydroxylation sites is 2. The van der Waals surface area contributed by atoms with Gasteiger partial charge in [-0.05, 0) is 72.7 Å². The summed E-state index contributed by atoms with van der Waals surface area (Å²) in [6.07, 6.45) is 1.75. The largest absolute Gasteiger partial charge is 0.496 e. The van der Waals surface area contributed by atoms with Gasteiger partial charge in [0.15, 0.2) is 0 Å². The number of non-ortho nitro benzene ring substituents is 1. The Kier molecular flexibility index (Phi) is 13.7. The third-order valence-corrected chi connectivity index (χ3v) is 9.07. The summed E-state index contributed by atoms with van der Waals surface area (Å²) in [6.45, 7) is 0.508. The molecule has 0 radical (unpaired) electrons. The number of nitro groups is 1. The summed E-state index contributed by atoms with van der Waals surface area (Å²) in [6, 6.07) is 39.1. The highest BCUT2D eigenvalue weighted by Gasteiger charge is 2.27. The minimum atomic E-state index is -0.989. The van der Waals surface area contributed by atoms with E-state index in [2.05, 4.69) is 45.9 Å². The molecule has 0 aliphatic carbocycles. The van der Waals surface area contributed by atoms with E-state index in [9.17, 15) is 24.8 Å². The summed E-state index contributed by atoms with van der Waals surface area (Å²) in [5.74, 6) is -0.127. The number of carbonyl (C=O) groups is 2. The van der Waals surface area contributed by atoms with Crippen molar-refractivity contribution < 1.29 is 24.4 Å². The molecule has 53 heavy (non-hydrogen) atoms. The van der Waals surface area contributed by atoms with Crippen LogP contribution in [-0.4, -0.2) is 47.6 Å². The molecule has 0 saturated heterocycles. The van der Waals surface area contributed by atoms with Crippen LogP contribution in [0.5, 0.6) is 5.75 Å². The molecular formula is C42H45N5O6. The van der Waals surface area contributed by atoms with Gasteiger partial charge in [-0.25, -0.2) is 0 Å². The normalized spacial score (nSPS) is 12.6. The Hall–Kier alpha value is -6.04. The lowest BCUT2D eigenvalue weighted by molar-refractivity contribution is -0.384. The number of carbonyl (C=O) groups excluding carboxylic acids is 2. The maximum atomic E-state index is 13.7. The molecule has 0 heterocycles. The predicted octanol–water partition coefficient (Wildman–Crippen LogP) is 6.56. The number of ether oxygens (including phenoxy) is 1. The summed E-state index contributed by atoms with van der Waals surface area (Å²) in [5.41, 5.74) is 11.3. The van der Waals surface area contributed by atoms with Gasteiger partial charge in [0.1, 0.15) is 11.8 Å². The predicted molar refractivity (Wildman–Crippen MR) is 207 cm³/mol. The van der Waals surface area contributed by atoms with Crippen molar-refractivity contribution in [3.05, 3.63) is 166 Å². The molecule has 0 saturated carbocycles. The average Bonchev–Trinajstić information content (AvgIpc) is 3.19. The number of nitrogens with zero attached hydrogens (tertiary/aromatic N) is 2. The molecule has 3 atom stereocenters. The highest BCUT2D eigenvalue weighted by atomic mass is 16.6. The van der Waals surface area contributed by atoms with Crippen molar-refractivity contribution in [1.82, 2.24) is 5.32 Å². The first kappa shape index (κ1) is 38.2. The van der Waals surface area contributed by atoms with E-state index in [0.29, 0.717) is 42.6 Å². The molecule has 274 valence electrons. The number of nitro benzene ring substituents is 1. The second-order valence-electron chi connectivity index (χ2n) is 12.7. The fourth-order valence-electron chi connectivity index (χ4n) is 6.28. The number of aliphatic hydroxyl groups is 1. The molecule has 0 aliphatic heterocycles. The van der Waals surface area contributed by atoms with E-state index in [1.807, 2.05) is 54.6 Å². The van der Waals surface area contributed by atoms with Gasteiger partial charge < -0.3 is 31.1 Å². The first-order chi connectivity index (χ1) is 25.8. The molecule has 0 aliphatic rings. The summed E-state index contributed by atoms with van der Waals surface area (Å²) >= 11 is 0. The number of nitrogens with two attached hydrogens (primary N) is 1. The van der Waals surface area contributed by atoms with Crippen LogP contribution in [0, 0.1) is 10.1 Å². The van der Waals surface area contributed by atoms with Crippen LogP contribution in [0.15, 0.2) is 133 Å². The van der Waals surface area contributed by atoms with Crippen LogP contribution < -0.4 is 26.0 Å². The molecule has 5 aromatic rings. The highest BCUT2D eigenvalue weighted by molar-refractivity contribution is 5.97. The van der Waals surface area contributed by atoms with E-state index in [1.54, 1.807) is 43.5 Å². The molecular weight excluding hydrogens is 670 g/mol. The van der Waals surface area contributed by atoms with Gasteiger partial charge in [-0.2, -0.15) is 0 Å². The van der Waals surface area contributed by atoms with Crippen LogP contribution in [0.4, 0.5) is 17.1 Å². The van der Waals surface area contributed by atoms with Crippen molar-refractivity contribution in [2.24, 2.45) is 5.73 Å². The molecule has 0 aromatic heterocycles. The third-order valence-electron chi connectivity index (χ3n) is 9.07. The zero-order chi connectivity index (χ0) is 37.6. The highest BCUT2D eigenvalue weighted by Crippen LogP contribution is 2.37. The number of amides is 2. The van der Waals surface area contributed by atoms with Crippen LogP contribution in [0.1, 0.15) is 47.6 Å². The SMILES string of the molecule is COc1ccccc1C(c1ccccc1)N(CCCCC(NC(=O)C(N)Cc1ccc([N+](=O)[O-])cc1)C(=O)Nc1ccc(CO)cc1)c1ccccc1. The van der Waals surface area contributed by atoms with Crippen molar-refractivity contribution >= 4 is 28.9 Å². The van der Waals surface area contributed by atoms with Crippen LogP contribution >= 0.6 is 0 Å². The van der Waals surface area contributed by atoms with Gasteiger partial charge in [0.2, 0.25) is 11.8 Å². The van der Waals surface area contributed by atoms with E-state index in [0.717, 1.165) is 22.6 Å². The zero-order valence-electron chi connectivity index (χ0n) is 29.6. The minimum Gasteiger partial charge on any atom is -0.496 e. The minimum absolute atomic E-state index is 0.0562. The van der Waals surface area contributed by atoms with Gasteiger partial charge in [-0.15, -0.1) is 0 Å². The quantitative estimate of drug-likeness (QED) is 0.0451. The van der Waals surface area contributed by atoms with Crippen molar-refractivity contribution in [2.75, 3.05) is 23.9 Å². The Balaban J connectivity index is 1.34. The molecule has 0 spiro atoms. The Morgan fingerprint density at radius 2 is 1.43 bits per heavy atom. The fourth-order valence-corrected chi connectivity index (χ4v) is 6.28. The number of unbranched alkanes of at least 4 members (excludes halogenated alkanes) is 1. The number of hydrogen-bond donors (Lipinski definition) is 4. The Bertz CT molecular complexity index is 1920. The second-order valence-corrected chi connectivity index (χ2v) is 12.7. The number of anilines is 2. The Morgan fingerprint density at radius 3 is 2.08 bits per heavy atom. The molecule has 3 unspecified atom stereocenters. The second kappa shape index (κ2) is 19.0. The average molecular weight is 716 g/mol. The monoisotopic (exact) mass is 715 g/mol. The molecule has 11 nitrogen and oxygen atoms in total. The summed E-state index contributed by atoms with van der Waals surface area (Å²) < 4.78 is 5.83. The van der Waals surface area contributed by atoms with Gasteiger partial charge in [-0.1, -0.05) is 91.0 Å². The number of benzene rings is 5. The molecule has 11 heteroatoms. The molecule has 0 bridgehead atoms. The number of aliphatic hydroxyl groups excluding tert-OH is 1. The maximum Gasteiger partial charge on any atom is 0.269 e. The van der Waals surface area contributed by atoms with Crippen LogP contribution in [-0.2, 0) is 22.6 Å². The van der Waals surface area contributed by atoms with E-state index in [1.165, 1.54) is 12.1 Å². The number of methoxy groups -OCH3 is 1. The van der Waals surface area contributed by atoms with Gasteiger partial charge in [0.25, 0.3) is 5.69 Å². The Labute approximate surface area is 309 Å². The van der Waals surface area contributed by atoms with E-state index in [4.69, 9.17) is 10.5 Å². The molecule has 5 aromatic carbocycles. The number of hydrogen-bond acceptors (Lipinski definition) is 8. The number of nitrogens with one attached hydrogen (secondary N) is 2. The molecule has 5 N–H and O–H groups in total. The van der Waals surface area contributed by atoms with Crippen LogP contribution in [0.2, 0.25) is 0 Å². The van der Waals surface area contributed by atoms with Crippen LogP contribution in [0.25, 0.3) is 0 Å². The fraction of sp³-hybridized carbons (Fsp3) is 0.238. The maximum absolute atomic E-state index is 13.7. The summed E-state index contributed by atoms with van der Waals surface area (Å²) in [7, 11) is 1.67. The first-order valence-corrected chi connectivity index (χ1v) is 17.6. The lowest BCUT2D eigenvalue weighted by Gasteiger charge is -2.35. The molecule has 0 fully saturated rings. The van der Waals surface area contributed by atoms with Crippen molar-refractivity contribution in [2.45, 2.75) is 50.4 Å². The van der Waals surface area contributed by atoms with Gasteiger partial charge >= 0.3 is 0 Å². The van der Waals surface area contributed by atoms with Crippen LogP contribution in [0.3, 0.4) is 0 Å². The zero-order valence-corrected chi connectivity index (χ0v) is 29.6. The standard InChI is InChI=1S/C42H45N5O6/c1-53-39-18-9-8-16-36(39)40(32-12-4-2-5-13-32)46(34-14-6-3-7-15-34)27-11-10-17-38(42(50)44-33-23-19-31(29-48)20-24-33)45-41(49)37(43)28-30-21-25-35(26-22-30)47(51)52/h2-9,12-16,18-26,37-38,40,48H,10-11,17,27-29,43H2,1H3,(H,44,50)(H,45,49). The lowest BCUT2D eigenvalue weighted by atomic mass is 9.95. The van der Waals surface area contributed by atoms with E-state index in [-0.39, 0.29) is 24.8 Å². The van der Waals surface area contributed by atoms with Crippen molar-refractivity contribution in [1.29, 1.82) is 0 Å². The number of rotatable bonds is 18. The van der Waals surface area contributed by atoms with Crippen molar-refractivity contribution in [3.8, 4) is 5.75 Å².